The van der Waals surface area contributed by atoms with E-state index < -0.39 is 5.92 Å². The number of benzene rings is 1. The molecule has 2 N–H and O–H groups in total. The summed E-state index contributed by atoms with van der Waals surface area (Å²) in [4.78, 5) is 0. The van der Waals surface area contributed by atoms with Gasteiger partial charge in [-0.25, -0.2) is 8.78 Å². The standard InChI is InChI=1S/C15H17F2N/c1-2-12-5-3-4-6-13(12)14(11-18)7-9-15(16,17)10-8-14/h1,3-6H,7-11,18H2. The molecular formula is C15H17F2N. The third-order valence-electron chi connectivity index (χ3n) is 3.98. The van der Waals surface area contributed by atoms with E-state index in [4.69, 9.17) is 12.2 Å². The van der Waals surface area contributed by atoms with E-state index in [-0.39, 0.29) is 18.3 Å². The molecule has 2 rings (SSSR count). The molecular weight excluding hydrogens is 232 g/mol. The van der Waals surface area contributed by atoms with Gasteiger partial charge in [0.25, 0.3) is 0 Å². The fourth-order valence-electron chi connectivity index (χ4n) is 2.75. The van der Waals surface area contributed by atoms with Crippen molar-refractivity contribution in [1.29, 1.82) is 0 Å². The predicted molar refractivity (Wildman–Crippen MR) is 68.5 cm³/mol. The van der Waals surface area contributed by atoms with E-state index in [1.165, 1.54) is 0 Å². The zero-order valence-electron chi connectivity index (χ0n) is 10.3. The molecule has 0 aromatic heterocycles. The lowest BCUT2D eigenvalue weighted by Gasteiger charge is -2.40. The zero-order valence-corrected chi connectivity index (χ0v) is 10.3. The van der Waals surface area contributed by atoms with Crippen LogP contribution in [-0.4, -0.2) is 12.5 Å². The Balaban J connectivity index is 2.37. The molecule has 0 amide bonds. The summed E-state index contributed by atoms with van der Waals surface area (Å²) in [5, 5.41) is 0. The normalized spacial score (nSPS) is 21.2. The minimum absolute atomic E-state index is 0.108. The average molecular weight is 249 g/mol. The number of alkyl halides is 2. The third kappa shape index (κ3) is 2.26. The van der Waals surface area contributed by atoms with E-state index in [0.717, 1.165) is 11.1 Å². The van der Waals surface area contributed by atoms with Gasteiger partial charge >= 0.3 is 0 Å². The second kappa shape index (κ2) is 4.70. The molecule has 18 heavy (non-hydrogen) atoms. The monoisotopic (exact) mass is 249 g/mol. The maximum atomic E-state index is 13.3. The first kappa shape index (κ1) is 13.0. The van der Waals surface area contributed by atoms with Gasteiger partial charge in [0.15, 0.2) is 0 Å². The van der Waals surface area contributed by atoms with Crippen LogP contribution in [0.2, 0.25) is 0 Å². The van der Waals surface area contributed by atoms with Crippen LogP contribution in [-0.2, 0) is 5.41 Å². The number of terminal acetylenes is 1. The van der Waals surface area contributed by atoms with Gasteiger partial charge in [0, 0.05) is 30.4 Å². The van der Waals surface area contributed by atoms with E-state index in [1.807, 2.05) is 24.3 Å². The molecule has 0 heterocycles. The van der Waals surface area contributed by atoms with Crippen LogP contribution in [0.4, 0.5) is 8.78 Å². The van der Waals surface area contributed by atoms with Crippen molar-refractivity contribution in [2.45, 2.75) is 37.0 Å². The molecule has 1 nitrogen and oxygen atoms in total. The van der Waals surface area contributed by atoms with Gasteiger partial charge in [0.05, 0.1) is 0 Å². The Hall–Kier alpha value is -1.40. The van der Waals surface area contributed by atoms with E-state index in [1.54, 1.807) is 0 Å². The predicted octanol–water partition coefficient (Wildman–Crippen LogP) is 3.07. The summed E-state index contributed by atoms with van der Waals surface area (Å²) in [5.74, 6) is 0.0778. The molecule has 96 valence electrons. The maximum absolute atomic E-state index is 13.3. The fraction of sp³-hybridized carbons (Fsp3) is 0.467. The van der Waals surface area contributed by atoms with Crippen LogP contribution < -0.4 is 5.73 Å². The summed E-state index contributed by atoms with van der Waals surface area (Å²) < 4.78 is 26.6. The molecule has 0 bridgehead atoms. The lowest BCUT2D eigenvalue weighted by atomic mass is 9.67. The van der Waals surface area contributed by atoms with Crippen molar-refractivity contribution in [1.82, 2.24) is 0 Å². The Kier molecular flexibility index (Phi) is 3.41. The molecule has 1 aromatic carbocycles. The van der Waals surface area contributed by atoms with E-state index in [0.29, 0.717) is 19.4 Å². The SMILES string of the molecule is C#Cc1ccccc1C1(CN)CCC(F)(F)CC1. The maximum Gasteiger partial charge on any atom is 0.248 e. The summed E-state index contributed by atoms with van der Waals surface area (Å²) >= 11 is 0. The number of hydrogen-bond acceptors (Lipinski definition) is 1. The van der Waals surface area contributed by atoms with E-state index >= 15 is 0 Å². The molecule has 0 radical (unpaired) electrons. The Bertz CT molecular complexity index is 464. The zero-order chi connectivity index (χ0) is 13.2. The van der Waals surface area contributed by atoms with Gasteiger partial charge in [-0.1, -0.05) is 24.1 Å². The Morgan fingerprint density at radius 3 is 2.33 bits per heavy atom. The van der Waals surface area contributed by atoms with E-state index in [2.05, 4.69) is 5.92 Å². The van der Waals surface area contributed by atoms with Crippen molar-refractivity contribution < 1.29 is 8.78 Å². The van der Waals surface area contributed by atoms with Crippen molar-refractivity contribution in [3.05, 3.63) is 35.4 Å². The lowest BCUT2D eigenvalue weighted by Crippen LogP contribution is -2.42. The Labute approximate surface area is 106 Å². The second-order valence-corrected chi connectivity index (χ2v) is 5.03. The molecule has 1 fully saturated rings. The fourth-order valence-corrected chi connectivity index (χ4v) is 2.75. The number of hydrogen-bond donors (Lipinski definition) is 1. The molecule has 1 aromatic rings. The van der Waals surface area contributed by atoms with Crippen LogP contribution in [0.3, 0.4) is 0 Å². The van der Waals surface area contributed by atoms with Crippen molar-refractivity contribution in [2.75, 3.05) is 6.54 Å². The molecule has 1 saturated carbocycles. The summed E-state index contributed by atoms with van der Waals surface area (Å²) in [6.07, 6.45) is 6.07. The van der Waals surface area contributed by atoms with Crippen LogP contribution in [0.25, 0.3) is 0 Å². The number of rotatable bonds is 2. The van der Waals surface area contributed by atoms with Crippen molar-refractivity contribution >= 4 is 0 Å². The Morgan fingerprint density at radius 1 is 1.17 bits per heavy atom. The molecule has 0 spiro atoms. The first-order valence-corrected chi connectivity index (χ1v) is 6.17. The summed E-state index contributed by atoms with van der Waals surface area (Å²) in [6.45, 7) is 0.363. The number of halogens is 2. The molecule has 0 unspecified atom stereocenters. The molecule has 3 heteroatoms. The highest BCUT2D eigenvalue weighted by Gasteiger charge is 2.44. The smallest absolute Gasteiger partial charge is 0.248 e. The summed E-state index contributed by atoms with van der Waals surface area (Å²) in [5.41, 5.74) is 7.21. The highest BCUT2D eigenvalue weighted by atomic mass is 19.3. The first-order valence-electron chi connectivity index (χ1n) is 6.17. The molecule has 1 aliphatic carbocycles. The lowest BCUT2D eigenvalue weighted by molar-refractivity contribution is -0.0509. The highest BCUT2D eigenvalue weighted by Crippen LogP contribution is 2.45. The van der Waals surface area contributed by atoms with Gasteiger partial charge in [0.2, 0.25) is 5.92 Å². The highest BCUT2D eigenvalue weighted by molar-refractivity contribution is 5.45. The third-order valence-corrected chi connectivity index (χ3v) is 3.98. The van der Waals surface area contributed by atoms with Crippen molar-refractivity contribution in [3.8, 4) is 12.3 Å². The second-order valence-electron chi connectivity index (χ2n) is 5.03. The van der Waals surface area contributed by atoms with E-state index in [9.17, 15) is 8.78 Å². The molecule has 0 saturated heterocycles. The quantitative estimate of drug-likeness (QED) is 0.801. The summed E-state index contributed by atoms with van der Waals surface area (Å²) in [6, 6.07) is 7.52. The summed E-state index contributed by atoms with van der Waals surface area (Å²) in [7, 11) is 0. The average Bonchev–Trinajstić information content (AvgIpc) is 2.40. The van der Waals surface area contributed by atoms with Crippen molar-refractivity contribution in [2.24, 2.45) is 5.73 Å². The van der Waals surface area contributed by atoms with Gasteiger partial charge in [-0.3, -0.25) is 0 Å². The van der Waals surface area contributed by atoms with Crippen LogP contribution in [0.1, 0.15) is 36.8 Å². The van der Waals surface area contributed by atoms with Crippen molar-refractivity contribution in [3.63, 3.8) is 0 Å². The van der Waals surface area contributed by atoms with Gasteiger partial charge in [0.1, 0.15) is 0 Å². The topological polar surface area (TPSA) is 26.0 Å². The largest absolute Gasteiger partial charge is 0.330 e. The molecule has 0 atom stereocenters. The van der Waals surface area contributed by atoms with Gasteiger partial charge in [-0.15, -0.1) is 6.42 Å². The van der Waals surface area contributed by atoms with Crippen LogP contribution >= 0.6 is 0 Å². The minimum atomic E-state index is -2.55. The van der Waals surface area contributed by atoms with Gasteiger partial charge in [-0.05, 0) is 24.5 Å². The minimum Gasteiger partial charge on any atom is -0.330 e. The van der Waals surface area contributed by atoms with Gasteiger partial charge in [-0.2, -0.15) is 0 Å². The molecule has 1 aliphatic rings. The molecule has 0 aliphatic heterocycles. The van der Waals surface area contributed by atoms with Crippen LogP contribution in [0.5, 0.6) is 0 Å². The van der Waals surface area contributed by atoms with Crippen LogP contribution in [0, 0.1) is 12.3 Å². The van der Waals surface area contributed by atoms with Crippen LogP contribution in [0.15, 0.2) is 24.3 Å². The van der Waals surface area contributed by atoms with Gasteiger partial charge < -0.3 is 5.73 Å². The first-order chi connectivity index (χ1) is 8.53. The Morgan fingerprint density at radius 2 is 1.78 bits per heavy atom. The number of nitrogens with two attached hydrogens (primary N) is 1.